The van der Waals surface area contributed by atoms with Gasteiger partial charge in [0.25, 0.3) is 0 Å². The second-order valence-corrected chi connectivity index (χ2v) is 7.06. The molecule has 196 valence electrons. The molecule has 0 aliphatic carbocycles. The van der Waals surface area contributed by atoms with Gasteiger partial charge in [-0.2, -0.15) is 0 Å². The van der Waals surface area contributed by atoms with E-state index >= 15 is 0 Å². The van der Waals surface area contributed by atoms with Gasteiger partial charge in [0.1, 0.15) is 48.8 Å². The fraction of sp³-hybridized carbons (Fsp3) is 0.882. The van der Waals surface area contributed by atoms with Crippen LogP contribution in [0.25, 0.3) is 0 Å². The van der Waals surface area contributed by atoms with Crippen molar-refractivity contribution in [3.63, 3.8) is 0 Å². The van der Waals surface area contributed by atoms with E-state index in [4.69, 9.17) is 10.2 Å². The van der Waals surface area contributed by atoms with Crippen molar-refractivity contribution < 1.29 is 80.3 Å². The molecule has 0 aromatic carbocycles. The van der Waals surface area contributed by atoms with E-state index in [9.17, 15) is 60.7 Å². The maximum atomic E-state index is 11.6. The molecule has 0 aliphatic rings. The normalized spacial score (nSPS) is 21.0. The number of rotatable bonds is 16. The van der Waals surface area contributed by atoms with E-state index in [1.807, 2.05) is 0 Å². The minimum atomic E-state index is -2.33. The van der Waals surface area contributed by atoms with Gasteiger partial charge in [-0.1, -0.05) is 0 Å². The quantitative estimate of drug-likeness (QED) is 0.0703. The second kappa shape index (κ2) is 15.4. The van der Waals surface area contributed by atoms with Crippen LogP contribution >= 0.6 is 0 Å². The number of ether oxygens (including phenoxy) is 2. The van der Waals surface area contributed by atoms with Gasteiger partial charge < -0.3 is 70.8 Å². The molecule has 33 heavy (non-hydrogen) atoms. The molecule has 0 fully saturated rings. The Labute approximate surface area is 187 Å². The van der Waals surface area contributed by atoms with Crippen molar-refractivity contribution >= 4 is 11.9 Å². The smallest absolute Gasteiger partial charge is 0.308 e. The van der Waals surface area contributed by atoms with Crippen molar-refractivity contribution in [3.05, 3.63) is 0 Å². The van der Waals surface area contributed by atoms with E-state index in [1.54, 1.807) is 0 Å². The Bertz CT molecular complexity index is 527. The van der Waals surface area contributed by atoms with Gasteiger partial charge in [-0.15, -0.1) is 0 Å². The van der Waals surface area contributed by atoms with Crippen molar-refractivity contribution in [3.8, 4) is 0 Å². The maximum absolute atomic E-state index is 11.6. The Kier molecular flexibility index (Phi) is 14.7. The number of aliphatic hydroxyl groups excluding tert-OH is 12. The van der Waals surface area contributed by atoms with Gasteiger partial charge in [0.05, 0.1) is 13.2 Å². The zero-order valence-electron chi connectivity index (χ0n) is 17.3. The highest BCUT2D eigenvalue weighted by molar-refractivity contribution is 5.72. The lowest BCUT2D eigenvalue weighted by atomic mass is 10.0. The lowest BCUT2D eigenvalue weighted by Crippen LogP contribution is -2.51. The SMILES string of the molecule is O=C(CCCC(=O)OC(O)[C@H](O)[C@@H](O)[C@H](O)[C@H](O)CO)OC(O)[C@H](O)[C@@H](O)[C@H](O)[C@H](O)CO. The molecule has 0 aromatic rings. The van der Waals surface area contributed by atoms with Gasteiger partial charge >= 0.3 is 11.9 Å². The summed E-state index contributed by atoms with van der Waals surface area (Å²) in [5.74, 6) is -2.34. The van der Waals surface area contributed by atoms with Gasteiger partial charge in [0.2, 0.25) is 12.6 Å². The summed E-state index contributed by atoms with van der Waals surface area (Å²) in [7, 11) is 0. The van der Waals surface area contributed by atoms with Gasteiger partial charge in [-0.05, 0) is 6.42 Å². The van der Waals surface area contributed by atoms with Gasteiger partial charge in [0.15, 0.2) is 0 Å². The zero-order valence-corrected chi connectivity index (χ0v) is 17.3. The van der Waals surface area contributed by atoms with Crippen LogP contribution in [0.4, 0.5) is 0 Å². The molecular formula is C17H32O16. The van der Waals surface area contributed by atoms with Gasteiger partial charge in [-0.3, -0.25) is 9.59 Å². The summed E-state index contributed by atoms with van der Waals surface area (Å²) in [6, 6.07) is 0. The summed E-state index contributed by atoms with van der Waals surface area (Å²) >= 11 is 0. The van der Waals surface area contributed by atoms with E-state index in [-0.39, 0.29) is 6.42 Å². The fourth-order valence-corrected chi connectivity index (χ4v) is 2.32. The molecule has 0 aliphatic heterocycles. The average molecular weight is 492 g/mol. The molecule has 0 amide bonds. The Hall–Kier alpha value is -1.54. The van der Waals surface area contributed by atoms with Gasteiger partial charge in [0, 0.05) is 12.8 Å². The number of aliphatic hydroxyl groups is 12. The number of esters is 2. The average Bonchev–Trinajstić information content (AvgIpc) is 2.79. The van der Waals surface area contributed by atoms with Crippen molar-refractivity contribution in [2.24, 2.45) is 0 Å². The zero-order chi connectivity index (χ0) is 25.9. The van der Waals surface area contributed by atoms with Crippen molar-refractivity contribution in [1.29, 1.82) is 0 Å². The Morgan fingerprint density at radius 2 is 0.818 bits per heavy atom. The highest BCUT2D eigenvalue weighted by atomic mass is 16.7. The first kappa shape index (κ1) is 31.5. The largest absolute Gasteiger partial charge is 0.433 e. The van der Waals surface area contributed by atoms with E-state index in [0.29, 0.717) is 0 Å². The molecule has 12 N–H and O–H groups in total. The standard InChI is InChI=1S/C17H32O16/c18-4-6(20)10(24)12(26)14(28)16(30)32-8(22)2-1-3-9(23)33-17(31)15(29)13(27)11(25)7(21)5-19/h6-7,10-21,24-31H,1-5H2/t6-,7-,10-,11-,12+,13+,14-,15-,16?,17?/m1/s1. The summed E-state index contributed by atoms with van der Waals surface area (Å²) in [5.41, 5.74) is 0. The number of carbonyl (C=O) groups is 2. The maximum Gasteiger partial charge on any atom is 0.308 e. The van der Waals surface area contributed by atoms with Crippen LogP contribution in [0.3, 0.4) is 0 Å². The Morgan fingerprint density at radius 1 is 0.515 bits per heavy atom. The molecular weight excluding hydrogens is 460 g/mol. The number of hydrogen-bond donors (Lipinski definition) is 12. The summed E-state index contributed by atoms with van der Waals surface area (Å²) in [4.78, 5) is 23.3. The fourth-order valence-electron chi connectivity index (χ4n) is 2.32. The van der Waals surface area contributed by atoms with Crippen LogP contribution in [-0.2, 0) is 19.1 Å². The van der Waals surface area contributed by atoms with Crippen LogP contribution in [0.5, 0.6) is 0 Å². The molecule has 0 bridgehead atoms. The Balaban J connectivity index is 4.44. The van der Waals surface area contributed by atoms with Crippen molar-refractivity contribution in [2.45, 2.75) is 80.7 Å². The van der Waals surface area contributed by atoms with Crippen LogP contribution in [0, 0.1) is 0 Å². The summed E-state index contributed by atoms with van der Waals surface area (Å²) < 4.78 is 8.79. The summed E-state index contributed by atoms with van der Waals surface area (Å²) in [5, 5.41) is 112. The third-order valence-electron chi connectivity index (χ3n) is 4.41. The van der Waals surface area contributed by atoms with E-state index in [1.165, 1.54) is 0 Å². The minimum Gasteiger partial charge on any atom is -0.433 e. The predicted octanol–water partition coefficient (Wildman–Crippen LogP) is -7.25. The lowest BCUT2D eigenvalue weighted by molar-refractivity contribution is -0.214. The molecule has 0 heterocycles. The predicted molar refractivity (Wildman–Crippen MR) is 100 cm³/mol. The van der Waals surface area contributed by atoms with Crippen LogP contribution in [0.15, 0.2) is 0 Å². The van der Waals surface area contributed by atoms with Crippen LogP contribution in [-0.4, -0.2) is 148 Å². The van der Waals surface area contributed by atoms with Crippen LogP contribution in [0.2, 0.25) is 0 Å². The molecule has 0 aromatic heterocycles. The molecule has 16 nitrogen and oxygen atoms in total. The number of carbonyl (C=O) groups excluding carboxylic acids is 2. The molecule has 10 atom stereocenters. The molecule has 2 unspecified atom stereocenters. The third-order valence-corrected chi connectivity index (χ3v) is 4.41. The molecule has 0 spiro atoms. The van der Waals surface area contributed by atoms with Crippen molar-refractivity contribution in [2.75, 3.05) is 13.2 Å². The molecule has 16 heteroatoms. The van der Waals surface area contributed by atoms with Crippen molar-refractivity contribution in [1.82, 2.24) is 0 Å². The first-order valence-electron chi connectivity index (χ1n) is 9.69. The van der Waals surface area contributed by atoms with Gasteiger partial charge in [-0.25, -0.2) is 0 Å². The molecule has 0 saturated carbocycles. The topological polar surface area (TPSA) is 295 Å². The van der Waals surface area contributed by atoms with E-state index in [2.05, 4.69) is 9.47 Å². The summed E-state index contributed by atoms with van der Waals surface area (Å²) in [6.07, 6.45) is -22.7. The highest BCUT2D eigenvalue weighted by Crippen LogP contribution is 2.13. The second-order valence-electron chi connectivity index (χ2n) is 7.06. The Morgan fingerprint density at radius 3 is 1.09 bits per heavy atom. The van der Waals surface area contributed by atoms with E-state index in [0.717, 1.165) is 0 Å². The molecule has 0 saturated heterocycles. The molecule has 0 rings (SSSR count). The minimum absolute atomic E-state index is 0.286. The molecule has 0 radical (unpaired) electrons. The number of hydrogen-bond acceptors (Lipinski definition) is 16. The highest BCUT2D eigenvalue weighted by Gasteiger charge is 2.37. The third kappa shape index (κ3) is 10.5. The van der Waals surface area contributed by atoms with Crippen LogP contribution in [0.1, 0.15) is 19.3 Å². The van der Waals surface area contributed by atoms with Crippen LogP contribution < -0.4 is 0 Å². The summed E-state index contributed by atoms with van der Waals surface area (Å²) in [6.45, 7) is -1.93. The first-order valence-corrected chi connectivity index (χ1v) is 9.69. The monoisotopic (exact) mass is 492 g/mol. The van der Waals surface area contributed by atoms with E-state index < -0.39 is 99.4 Å². The lowest BCUT2D eigenvalue weighted by Gasteiger charge is -2.28. The first-order chi connectivity index (χ1) is 15.3.